The topological polar surface area (TPSA) is 0 Å². The minimum absolute atomic E-state index is 0. The fraction of sp³-hybridized carbons (Fsp3) is 0.636. The predicted molar refractivity (Wildman–Crippen MR) is 60.8 cm³/mol. The number of rotatable bonds is 2. The number of hydrogen-bond donors (Lipinski definition) is 0. The van der Waals surface area contributed by atoms with E-state index in [-0.39, 0.29) is 17.4 Å². The number of unbranched alkanes of at least 4 members (excludes halogenated alkanes) is 1. The van der Waals surface area contributed by atoms with Gasteiger partial charge in [0.2, 0.25) is 0 Å². The average Bonchev–Trinajstić information content (AvgIpc) is 1.92. The highest BCUT2D eigenvalue weighted by Gasteiger charge is 1.62. The summed E-state index contributed by atoms with van der Waals surface area (Å²) in [6, 6.07) is 0. The van der Waals surface area contributed by atoms with Crippen LogP contribution >= 0.6 is 0 Å². The van der Waals surface area contributed by atoms with E-state index in [1.807, 2.05) is 13.8 Å². The van der Waals surface area contributed by atoms with Crippen LogP contribution in [0.1, 0.15) is 46.5 Å². The molecule has 12 heavy (non-hydrogen) atoms. The van der Waals surface area contributed by atoms with Gasteiger partial charge in [-0.15, -0.1) is 0 Å². The van der Waals surface area contributed by atoms with E-state index in [0.29, 0.717) is 0 Å². The zero-order chi connectivity index (χ0) is 9.54. The molecule has 0 nitrogen and oxygen atoms in total. The summed E-state index contributed by atoms with van der Waals surface area (Å²) in [6.45, 7) is 18.1. The van der Waals surface area contributed by atoms with Gasteiger partial charge in [0, 0.05) is 17.4 Å². The summed E-state index contributed by atoms with van der Waals surface area (Å²) in [4.78, 5) is 0. The highest BCUT2D eigenvalue weighted by molar-refractivity contribution is 5.75. The maximum absolute atomic E-state index is 5.01. The molecule has 0 saturated heterocycles. The van der Waals surface area contributed by atoms with Crippen molar-refractivity contribution in [2.24, 2.45) is 0 Å². The lowest BCUT2D eigenvalue weighted by atomic mass is 10.3. The Hall–Kier alpha value is 0.272. The predicted octanol–water partition coefficient (Wildman–Crippen LogP) is 3.86. The van der Waals surface area contributed by atoms with Gasteiger partial charge in [0.25, 0.3) is 0 Å². The molecule has 1 heteroatoms. The zero-order valence-corrected chi connectivity index (χ0v) is 10.1. The highest BCUT2D eigenvalue weighted by Crippen LogP contribution is 1.81. The Bertz CT molecular complexity index is 40.3. The van der Waals surface area contributed by atoms with Gasteiger partial charge in [-0.3, -0.25) is 0 Å². The lowest BCUT2D eigenvalue weighted by Gasteiger charge is -1.72. The molecule has 0 amide bonds. The van der Waals surface area contributed by atoms with Crippen LogP contribution in [0.5, 0.6) is 0 Å². The van der Waals surface area contributed by atoms with Crippen LogP contribution in [0.4, 0.5) is 0 Å². The fourth-order valence-electron chi connectivity index (χ4n) is 0.167. The van der Waals surface area contributed by atoms with E-state index in [9.17, 15) is 0 Å². The number of hydrogen-bond acceptors (Lipinski definition) is 0. The summed E-state index contributed by atoms with van der Waals surface area (Å²) in [5.74, 6) is 0. The molecule has 0 rings (SSSR count). The monoisotopic (exact) mass is 182 g/mol. The largest absolute Gasteiger partial charge is 0.0846 e. The summed E-state index contributed by atoms with van der Waals surface area (Å²) in [5, 5.41) is 0. The molecule has 0 unspecified atom stereocenters. The first kappa shape index (κ1) is 22.8. The van der Waals surface area contributed by atoms with Crippen LogP contribution in [0.3, 0.4) is 0 Å². The van der Waals surface area contributed by atoms with Gasteiger partial charge in [-0.2, -0.15) is 0 Å². The van der Waals surface area contributed by atoms with E-state index in [2.05, 4.69) is 20.8 Å². The molecule has 0 bridgehead atoms. The van der Waals surface area contributed by atoms with E-state index >= 15 is 0 Å². The van der Waals surface area contributed by atoms with Gasteiger partial charge in [0.1, 0.15) is 0 Å². The van der Waals surface area contributed by atoms with Crippen LogP contribution in [-0.2, 0) is 0 Å². The van der Waals surface area contributed by atoms with Gasteiger partial charge in [-0.1, -0.05) is 66.5 Å². The number of allylic oxidation sites excluding steroid dienone is 1. The fourth-order valence-corrected chi connectivity index (χ4v) is 0.167. The first-order valence-electron chi connectivity index (χ1n) is 4.36. The summed E-state index contributed by atoms with van der Waals surface area (Å²) < 4.78 is 0. The third-order valence-corrected chi connectivity index (χ3v) is 0.455. The average molecular weight is 182 g/mol. The Morgan fingerprint density at radius 1 is 1.08 bits per heavy atom. The lowest BCUT2D eigenvalue weighted by Crippen LogP contribution is -1.52. The van der Waals surface area contributed by atoms with Gasteiger partial charge >= 0.3 is 0 Å². The van der Waals surface area contributed by atoms with Crippen LogP contribution < -0.4 is 0 Å². The molecule has 0 aliphatic rings. The van der Waals surface area contributed by atoms with Crippen LogP contribution in [0.15, 0.2) is 6.08 Å². The third-order valence-electron chi connectivity index (χ3n) is 0.455. The van der Waals surface area contributed by atoms with Gasteiger partial charge in [0.05, 0.1) is 0 Å². The van der Waals surface area contributed by atoms with Gasteiger partial charge in [0.15, 0.2) is 0 Å². The van der Waals surface area contributed by atoms with Crippen LogP contribution in [0.25, 0.3) is 0 Å². The molecule has 0 atom stereocenters. The first-order valence-corrected chi connectivity index (χ1v) is 4.36. The van der Waals surface area contributed by atoms with Crippen LogP contribution in [0.2, 0.25) is 0 Å². The van der Waals surface area contributed by atoms with Crippen LogP contribution in [0, 0.1) is 20.4 Å². The quantitative estimate of drug-likeness (QED) is 0.569. The first-order chi connectivity index (χ1) is 5.24. The Labute approximate surface area is 90.6 Å². The van der Waals surface area contributed by atoms with Gasteiger partial charge in [-0.25, -0.2) is 0 Å². The molecular formula is C11H23Al. The smallest absolute Gasteiger partial charge is 0 e. The van der Waals surface area contributed by atoms with Crippen molar-refractivity contribution < 1.29 is 0 Å². The molecule has 0 fully saturated rings. The minimum Gasteiger partial charge on any atom is -0.0846 e. The van der Waals surface area contributed by atoms with Gasteiger partial charge in [-0.05, 0) is 6.42 Å². The Kier molecular flexibility index (Phi) is 81.3. The molecule has 6 radical (unpaired) electrons. The van der Waals surface area contributed by atoms with Gasteiger partial charge < -0.3 is 0 Å². The molecule has 0 aliphatic carbocycles. The van der Waals surface area contributed by atoms with Crippen molar-refractivity contribution in [3.8, 4) is 0 Å². The van der Waals surface area contributed by atoms with E-state index < -0.39 is 0 Å². The molecule has 0 spiro atoms. The molecule has 0 heterocycles. The van der Waals surface area contributed by atoms with E-state index in [1.54, 1.807) is 6.08 Å². The maximum atomic E-state index is 5.01. The van der Waals surface area contributed by atoms with Crippen molar-refractivity contribution in [3.05, 3.63) is 26.5 Å². The molecule has 70 valence electrons. The van der Waals surface area contributed by atoms with Crippen molar-refractivity contribution in [2.75, 3.05) is 0 Å². The molecular weight excluding hydrogens is 159 g/mol. The SMILES string of the molecule is [Al].[CH2]CC.[CH2]CC.[CH]=CCCC. The van der Waals surface area contributed by atoms with E-state index in [4.69, 9.17) is 6.58 Å². The van der Waals surface area contributed by atoms with Crippen LogP contribution in [-0.4, -0.2) is 17.4 Å². The normalized spacial score (nSPS) is 6.08. The maximum Gasteiger partial charge on any atom is 0 e. The van der Waals surface area contributed by atoms with Crippen molar-refractivity contribution in [3.63, 3.8) is 0 Å². The highest BCUT2D eigenvalue weighted by atomic mass is 27.0. The lowest BCUT2D eigenvalue weighted by molar-refractivity contribution is 0.960. The van der Waals surface area contributed by atoms with E-state index in [1.165, 1.54) is 0 Å². The molecule has 0 aromatic carbocycles. The summed E-state index contributed by atoms with van der Waals surface area (Å²) >= 11 is 0. The van der Waals surface area contributed by atoms with E-state index in [0.717, 1.165) is 25.7 Å². The second kappa shape index (κ2) is 42.8. The molecule has 0 aliphatic heterocycles. The zero-order valence-electron chi connectivity index (χ0n) is 8.97. The molecule has 0 saturated carbocycles. The van der Waals surface area contributed by atoms with Crippen molar-refractivity contribution in [1.29, 1.82) is 0 Å². The summed E-state index contributed by atoms with van der Waals surface area (Å²) in [6.07, 6.45) is 5.89. The van der Waals surface area contributed by atoms with Crippen molar-refractivity contribution in [1.82, 2.24) is 0 Å². The third kappa shape index (κ3) is 171. The second-order valence-electron chi connectivity index (χ2n) is 2.02. The Balaban J connectivity index is -0.0000000406. The summed E-state index contributed by atoms with van der Waals surface area (Å²) in [7, 11) is 0. The second-order valence-corrected chi connectivity index (χ2v) is 2.02. The van der Waals surface area contributed by atoms with Crippen molar-refractivity contribution >= 4 is 17.4 Å². The molecule has 0 aromatic rings. The minimum atomic E-state index is 0. The molecule has 0 N–H and O–H groups in total. The standard InChI is InChI=1S/C5H9.2C3H7.Al/c1-3-5-4-2;2*1-3-2;/h1,3H,4-5H2,2H3;2*1,3H2,2H3;. The Morgan fingerprint density at radius 3 is 1.33 bits per heavy atom. The Morgan fingerprint density at radius 2 is 1.33 bits per heavy atom. The molecule has 0 aromatic heterocycles. The van der Waals surface area contributed by atoms with Crippen molar-refractivity contribution in [2.45, 2.75) is 46.5 Å². The summed E-state index contributed by atoms with van der Waals surface area (Å²) in [5.41, 5.74) is 0.